The van der Waals surface area contributed by atoms with Crippen molar-refractivity contribution in [1.82, 2.24) is 20.3 Å². The molecule has 1 unspecified atom stereocenters. The number of carbonyl (C=O) groups is 2. The Morgan fingerprint density at radius 3 is 2.54 bits per heavy atom. The smallest absolute Gasteiger partial charge is 0.334 e. The van der Waals surface area contributed by atoms with Crippen molar-refractivity contribution in [1.29, 1.82) is 0 Å². The average Bonchev–Trinajstić information content (AvgIpc) is 3.38. The average molecular weight is 530 g/mol. The van der Waals surface area contributed by atoms with Crippen LogP contribution in [0.4, 0.5) is 13.2 Å². The van der Waals surface area contributed by atoms with Gasteiger partial charge in [0, 0.05) is 43.5 Å². The Hall–Kier alpha value is -4.60. The molecule has 39 heavy (non-hydrogen) atoms. The molecule has 2 aliphatic rings. The maximum absolute atomic E-state index is 14.8. The van der Waals surface area contributed by atoms with Crippen molar-refractivity contribution in [2.75, 3.05) is 0 Å². The summed E-state index contributed by atoms with van der Waals surface area (Å²) in [5.41, 5.74) is 2.81. The summed E-state index contributed by atoms with van der Waals surface area (Å²) in [6.07, 6.45) is -0.470. The van der Waals surface area contributed by atoms with Gasteiger partial charge in [-0.05, 0) is 46.0 Å². The van der Waals surface area contributed by atoms with Crippen LogP contribution in [0.15, 0.2) is 84.4 Å². The number of carbonyl (C=O) groups excluding carboxylic acids is 2. The molecule has 0 saturated carbocycles. The van der Waals surface area contributed by atoms with E-state index < -0.39 is 23.9 Å². The van der Waals surface area contributed by atoms with Gasteiger partial charge in [-0.1, -0.05) is 42.5 Å². The van der Waals surface area contributed by atoms with E-state index in [0.29, 0.717) is 24.2 Å². The number of hydrazone groups is 1. The summed E-state index contributed by atoms with van der Waals surface area (Å²) in [7, 11) is 0. The van der Waals surface area contributed by atoms with E-state index in [-0.39, 0.29) is 29.0 Å². The number of amides is 2. The third-order valence-corrected chi connectivity index (χ3v) is 7.42. The van der Waals surface area contributed by atoms with Crippen LogP contribution in [-0.4, -0.2) is 38.6 Å². The summed E-state index contributed by atoms with van der Waals surface area (Å²) in [5.74, 6) is -1.29. The van der Waals surface area contributed by atoms with E-state index in [1.807, 2.05) is 6.07 Å². The second kappa shape index (κ2) is 9.30. The standard InChI is InChI=1S/C29H22F3N5O2/c30-29(31,32)28(23-4-1-5-24-22(23)3-2-11-34-24)14-25(35-36-27(28)39)19-8-6-18(7-9-19)13-26(38)37-16-20-10-12-33-15-21(20)17-37/h1-12,15H,13-14,16-17H2,(H,36,39). The molecule has 2 amide bonds. The van der Waals surface area contributed by atoms with Crippen LogP contribution in [-0.2, 0) is 34.5 Å². The molecule has 0 radical (unpaired) electrons. The van der Waals surface area contributed by atoms with Gasteiger partial charge in [0.15, 0.2) is 5.41 Å². The minimum absolute atomic E-state index is 0.0538. The third kappa shape index (κ3) is 4.21. The van der Waals surface area contributed by atoms with Crippen LogP contribution >= 0.6 is 0 Å². The van der Waals surface area contributed by atoms with Crippen molar-refractivity contribution in [3.63, 3.8) is 0 Å². The van der Waals surface area contributed by atoms with Gasteiger partial charge < -0.3 is 4.90 Å². The van der Waals surface area contributed by atoms with E-state index in [9.17, 15) is 22.8 Å². The predicted molar refractivity (Wildman–Crippen MR) is 137 cm³/mol. The lowest BCUT2D eigenvalue weighted by atomic mass is 9.71. The van der Waals surface area contributed by atoms with Gasteiger partial charge in [0.1, 0.15) is 0 Å². The highest BCUT2D eigenvalue weighted by Gasteiger charge is 2.63. The first-order valence-corrected chi connectivity index (χ1v) is 12.3. The number of nitrogens with zero attached hydrogens (tertiary/aromatic N) is 4. The van der Waals surface area contributed by atoms with Gasteiger partial charge in [-0.2, -0.15) is 18.3 Å². The highest BCUT2D eigenvalue weighted by atomic mass is 19.4. The molecule has 0 bridgehead atoms. The van der Waals surface area contributed by atoms with Crippen molar-refractivity contribution in [3.05, 3.63) is 107 Å². The normalized spacial score (nSPS) is 19.0. The number of alkyl halides is 3. The molecule has 0 saturated heterocycles. The Balaban J connectivity index is 1.26. The second-order valence-electron chi connectivity index (χ2n) is 9.72. The topological polar surface area (TPSA) is 87.5 Å². The molecular formula is C29H22F3N5O2. The summed E-state index contributed by atoms with van der Waals surface area (Å²) in [5, 5.41) is 4.24. The Morgan fingerprint density at radius 1 is 0.974 bits per heavy atom. The van der Waals surface area contributed by atoms with E-state index in [0.717, 1.165) is 16.7 Å². The molecule has 4 aromatic rings. The summed E-state index contributed by atoms with van der Waals surface area (Å²) < 4.78 is 44.5. The highest BCUT2D eigenvalue weighted by molar-refractivity contribution is 6.09. The Morgan fingerprint density at radius 2 is 1.77 bits per heavy atom. The largest absolute Gasteiger partial charge is 0.407 e. The SMILES string of the molecule is O=C(Cc1ccc(C2=NNC(=O)C(c3cccc4ncccc34)(C(F)(F)F)C2)cc1)N1Cc2ccncc2C1. The molecule has 196 valence electrons. The van der Waals surface area contributed by atoms with E-state index in [4.69, 9.17) is 0 Å². The summed E-state index contributed by atoms with van der Waals surface area (Å²) in [6.45, 7) is 1.02. The number of pyridine rings is 2. The molecule has 1 atom stereocenters. The van der Waals surface area contributed by atoms with Crippen molar-refractivity contribution in [2.24, 2.45) is 5.10 Å². The molecular weight excluding hydrogens is 507 g/mol. The van der Waals surface area contributed by atoms with Crippen molar-refractivity contribution >= 4 is 28.4 Å². The van der Waals surface area contributed by atoms with E-state index in [1.54, 1.807) is 53.7 Å². The van der Waals surface area contributed by atoms with Crippen molar-refractivity contribution in [2.45, 2.75) is 37.5 Å². The summed E-state index contributed by atoms with van der Waals surface area (Å²) in [4.78, 5) is 35.8. The minimum atomic E-state index is -4.91. The fourth-order valence-corrected chi connectivity index (χ4v) is 5.32. The number of aromatic nitrogens is 2. The van der Waals surface area contributed by atoms with E-state index in [2.05, 4.69) is 20.5 Å². The lowest BCUT2D eigenvalue weighted by molar-refractivity contribution is -0.194. The maximum Gasteiger partial charge on any atom is 0.407 e. The van der Waals surface area contributed by atoms with Crippen LogP contribution in [0, 0.1) is 0 Å². The van der Waals surface area contributed by atoms with Gasteiger partial charge in [0.2, 0.25) is 5.91 Å². The van der Waals surface area contributed by atoms with Gasteiger partial charge in [-0.15, -0.1) is 0 Å². The number of hydrogen-bond donors (Lipinski definition) is 1. The Labute approximate surface area is 221 Å². The first-order valence-electron chi connectivity index (χ1n) is 12.3. The first-order chi connectivity index (χ1) is 18.8. The summed E-state index contributed by atoms with van der Waals surface area (Å²) in [6, 6.07) is 16.0. The number of rotatable bonds is 4. The van der Waals surface area contributed by atoms with Crippen LogP contribution in [0.25, 0.3) is 10.9 Å². The van der Waals surface area contributed by atoms with Gasteiger partial charge in [0.05, 0.1) is 17.6 Å². The fourth-order valence-electron chi connectivity index (χ4n) is 5.32. The zero-order valence-corrected chi connectivity index (χ0v) is 20.6. The van der Waals surface area contributed by atoms with Crippen LogP contribution in [0.5, 0.6) is 0 Å². The van der Waals surface area contributed by atoms with Crippen LogP contribution in [0.1, 0.15) is 34.2 Å². The lowest BCUT2D eigenvalue weighted by Crippen LogP contribution is -2.57. The molecule has 10 heteroatoms. The van der Waals surface area contributed by atoms with Gasteiger partial charge in [-0.25, -0.2) is 5.43 Å². The van der Waals surface area contributed by atoms with E-state index >= 15 is 0 Å². The fraction of sp³-hybridized carbons (Fsp3) is 0.207. The van der Waals surface area contributed by atoms with Crippen LogP contribution in [0.3, 0.4) is 0 Å². The summed E-state index contributed by atoms with van der Waals surface area (Å²) >= 11 is 0. The first kappa shape index (κ1) is 24.7. The molecule has 2 aromatic heterocycles. The number of hydrogen-bond acceptors (Lipinski definition) is 5. The monoisotopic (exact) mass is 529 g/mol. The Kier molecular flexibility index (Phi) is 5.90. The van der Waals surface area contributed by atoms with Gasteiger partial charge >= 0.3 is 6.18 Å². The Bertz CT molecular complexity index is 1600. The molecule has 0 fully saturated rings. The zero-order chi connectivity index (χ0) is 27.2. The molecule has 6 rings (SSSR count). The van der Waals surface area contributed by atoms with E-state index in [1.165, 1.54) is 24.4 Å². The van der Waals surface area contributed by atoms with Gasteiger partial charge in [-0.3, -0.25) is 19.6 Å². The van der Waals surface area contributed by atoms with Crippen molar-refractivity contribution < 1.29 is 22.8 Å². The van der Waals surface area contributed by atoms with Gasteiger partial charge in [0.25, 0.3) is 5.91 Å². The molecule has 7 nitrogen and oxygen atoms in total. The quantitative estimate of drug-likeness (QED) is 0.424. The third-order valence-electron chi connectivity index (χ3n) is 7.42. The molecule has 2 aliphatic heterocycles. The highest BCUT2D eigenvalue weighted by Crippen LogP contribution is 2.48. The molecule has 1 N–H and O–H groups in total. The van der Waals surface area contributed by atoms with Crippen LogP contribution in [0.2, 0.25) is 0 Å². The molecule has 0 spiro atoms. The minimum Gasteiger partial charge on any atom is -0.334 e. The molecule has 0 aliphatic carbocycles. The molecule has 2 aromatic carbocycles. The number of fused-ring (bicyclic) bond motifs is 2. The predicted octanol–water partition coefficient (Wildman–Crippen LogP) is 4.44. The lowest BCUT2D eigenvalue weighted by Gasteiger charge is -2.37. The zero-order valence-electron chi connectivity index (χ0n) is 20.6. The number of halogens is 3. The van der Waals surface area contributed by atoms with Crippen molar-refractivity contribution in [3.8, 4) is 0 Å². The maximum atomic E-state index is 14.8. The second-order valence-corrected chi connectivity index (χ2v) is 9.72. The molecule has 4 heterocycles. The van der Waals surface area contributed by atoms with Crippen LogP contribution < -0.4 is 5.43 Å². The number of nitrogens with one attached hydrogen (secondary N) is 1. The number of benzene rings is 2.